The van der Waals surface area contributed by atoms with Crippen molar-refractivity contribution in [3.63, 3.8) is 0 Å². The molecule has 0 spiro atoms. The number of allylic oxidation sites excluding steroid dienone is 1. The molecule has 0 N–H and O–H groups in total. The largest absolute Gasteiger partial charge is 0.490 e. The number of hydrogen-bond donors (Lipinski definition) is 0. The highest BCUT2D eigenvalue weighted by Gasteiger charge is 2.34. The fraction of sp³-hybridized carbons (Fsp3) is 0.385. The van der Waals surface area contributed by atoms with Gasteiger partial charge in [-0.15, -0.1) is 0 Å². The first-order chi connectivity index (χ1) is 7.86. The van der Waals surface area contributed by atoms with Gasteiger partial charge in [-0.25, -0.2) is 0 Å². The molecule has 0 aliphatic rings. The topological polar surface area (TPSA) is 9.23 Å². The highest BCUT2D eigenvalue weighted by molar-refractivity contribution is 5.72. The number of halogens is 3. The van der Waals surface area contributed by atoms with E-state index in [0.717, 1.165) is 6.42 Å². The van der Waals surface area contributed by atoms with Crippen molar-refractivity contribution in [2.45, 2.75) is 32.5 Å². The number of benzene rings is 1. The van der Waals surface area contributed by atoms with Crippen molar-refractivity contribution in [3.05, 3.63) is 36.4 Å². The van der Waals surface area contributed by atoms with Crippen LogP contribution in [0.15, 0.2) is 30.8 Å². The molecule has 0 saturated heterocycles. The van der Waals surface area contributed by atoms with Crippen LogP contribution < -0.4 is 4.74 Å². The van der Waals surface area contributed by atoms with Gasteiger partial charge in [0, 0.05) is 5.56 Å². The van der Waals surface area contributed by atoms with Crippen molar-refractivity contribution < 1.29 is 17.9 Å². The molecule has 0 aliphatic carbocycles. The third-order valence-corrected chi connectivity index (χ3v) is 2.46. The van der Waals surface area contributed by atoms with Gasteiger partial charge in [0.1, 0.15) is 5.75 Å². The van der Waals surface area contributed by atoms with E-state index < -0.39 is 11.7 Å². The van der Waals surface area contributed by atoms with E-state index in [-0.39, 0.29) is 17.4 Å². The number of hydrogen-bond acceptors (Lipinski definition) is 1. The minimum atomic E-state index is -4.44. The molecule has 4 heteroatoms. The van der Waals surface area contributed by atoms with Gasteiger partial charge in [-0.3, -0.25) is 0 Å². The average molecular weight is 244 g/mol. The molecule has 0 heterocycles. The van der Waals surface area contributed by atoms with Gasteiger partial charge in [-0.05, 0) is 19.4 Å². The van der Waals surface area contributed by atoms with E-state index in [1.807, 2.05) is 13.8 Å². The molecule has 1 unspecified atom stereocenters. The van der Waals surface area contributed by atoms with Crippen LogP contribution in [-0.2, 0) is 0 Å². The molecule has 17 heavy (non-hydrogen) atoms. The van der Waals surface area contributed by atoms with E-state index in [1.165, 1.54) is 18.2 Å². The molecule has 0 saturated carbocycles. The van der Waals surface area contributed by atoms with E-state index >= 15 is 0 Å². The van der Waals surface area contributed by atoms with Crippen molar-refractivity contribution >= 4 is 5.57 Å². The van der Waals surface area contributed by atoms with Crippen LogP contribution >= 0.6 is 0 Å². The number of para-hydroxylation sites is 1. The van der Waals surface area contributed by atoms with Crippen LogP contribution in [0.4, 0.5) is 13.2 Å². The van der Waals surface area contributed by atoms with E-state index in [9.17, 15) is 13.2 Å². The summed E-state index contributed by atoms with van der Waals surface area (Å²) in [7, 11) is 0. The quantitative estimate of drug-likeness (QED) is 0.760. The van der Waals surface area contributed by atoms with Gasteiger partial charge < -0.3 is 4.74 Å². The maximum absolute atomic E-state index is 12.6. The van der Waals surface area contributed by atoms with E-state index in [4.69, 9.17) is 4.74 Å². The van der Waals surface area contributed by atoms with E-state index in [1.54, 1.807) is 6.07 Å². The second-order valence-electron chi connectivity index (χ2n) is 3.81. The van der Waals surface area contributed by atoms with Crippen LogP contribution in [0.3, 0.4) is 0 Å². The maximum atomic E-state index is 12.6. The van der Waals surface area contributed by atoms with E-state index in [0.29, 0.717) is 0 Å². The number of rotatable bonds is 4. The first-order valence-electron chi connectivity index (χ1n) is 5.38. The third kappa shape index (κ3) is 3.51. The summed E-state index contributed by atoms with van der Waals surface area (Å²) in [4.78, 5) is 0. The van der Waals surface area contributed by atoms with Crippen molar-refractivity contribution in [1.29, 1.82) is 0 Å². The van der Waals surface area contributed by atoms with Gasteiger partial charge in [0.05, 0.1) is 11.7 Å². The Kier molecular flexibility index (Phi) is 4.21. The van der Waals surface area contributed by atoms with Crippen molar-refractivity contribution in [1.82, 2.24) is 0 Å². The lowest BCUT2D eigenvalue weighted by atomic mass is 10.1. The molecule has 0 radical (unpaired) electrons. The van der Waals surface area contributed by atoms with Gasteiger partial charge in [0.15, 0.2) is 0 Å². The second kappa shape index (κ2) is 5.25. The minimum absolute atomic E-state index is 0.000278. The lowest BCUT2D eigenvalue weighted by molar-refractivity contribution is -0.0688. The van der Waals surface area contributed by atoms with Crippen LogP contribution in [-0.4, -0.2) is 12.3 Å². The maximum Gasteiger partial charge on any atom is 0.416 e. The lowest BCUT2D eigenvalue weighted by Crippen LogP contribution is -2.14. The molecule has 1 nitrogen and oxygen atoms in total. The van der Waals surface area contributed by atoms with Gasteiger partial charge >= 0.3 is 6.18 Å². The summed E-state index contributed by atoms with van der Waals surface area (Å²) in [6, 6.07) is 6.08. The van der Waals surface area contributed by atoms with Gasteiger partial charge in [0.2, 0.25) is 0 Å². The van der Waals surface area contributed by atoms with Gasteiger partial charge in [-0.1, -0.05) is 31.7 Å². The monoisotopic (exact) mass is 244 g/mol. The highest BCUT2D eigenvalue weighted by Crippen LogP contribution is 2.37. The molecule has 0 bridgehead atoms. The zero-order chi connectivity index (χ0) is 13.1. The Morgan fingerprint density at radius 2 is 1.94 bits per heavy atom. The Morgan fingerprint density at radius 3 is 2.47 bits per heavy atom. The Morgan fingerprint density at radius 1 is 1.35 bits per heavy atom. The summed E-state index contributed by atoms with van der Waals surface area (Å²) in [5, 5.41) is 0. The molecule has 1 rings (SSSR count). The normalized spacial score (nSPS) is 13.2. The zero-order valence-electron chi connectivity index (χ0n) is 9.84. The fourth-order valence-corrected chi connectivity index (χ4v) is 1.27. The van der Waals surface area contributed by atoms with Crippen molar-refractivity contribution in [2.75, 3.05) is 0 Å². The lowest BCUT2D eigenvalue weighted by Gasteiger charge is -2.18. The molecule has 0 fully saturated rings. The van der Waals surface area contributed by atoms with Crippen molar-refractivity contribution in [3.8, 4) is 5.75 Å². The molecule has 0 aromatic heterocycles. The standard InChI is InChI=1S/C13H15F3O/c1-4-9(2)17-12-8-6-5-7-11(12)10(3)13(14,15)16/h5-9H,3-4H2,1-2H3. The Hall–Kier alpha value is -1.45. The van der Waals surface area contributed by atoms with Crippen LogP contribution in [0.5, 0.6) is 5.75 Å². The van der Waals surface area contributed by atoms with Gasteiger partial charge in [0.25, 0.3) is 0 Å². The van der Waals surface area contributed by atoms with Crippen LogP contribution in [0.25, 0.3) is 5.57 Å². The molecule has 0 aliphatic heterocycles. The van der Waals surface area contributed by atoms with Crippen LogP contribution in [0.1, 0.15) is 25.8 Å². The van der Waals surface area contributed by atoms with Crippen LogP contribution in [0.2, 0.25) is 0 Å². The highest BCUT2D eigenvalue weighted by atomic mass is 19.4. The van der Waals surface area contributed by atoms with Crippen molar-refractivity contribution in [2.24, 2.45) is 0 Å². The molecule has 1 aromatic rings. The summed E-state index contributed by atoms with van der Waals surface area (Å²) in [6.45, 7) is 6.81. The molecular formula is C13H15F3O. The van der Waals surface area contributed by atoms with Crippen LogP contribution in [0, 0.1) is 0 Å². The summed E-state index contributed by atoms with van der Waals surface area (Å²) in [5.74, 6) is 0.226. The predicted octanol–water partition coefficient (Wildman–Crippen LogP) is 4.44. The predicted molar refractivity (Wildman–Crippen MR) is 61.9 cm³/mol. The first-order valence-corrected chi connectivity index (χ1v) is 5.38. The number of ether oxygens (including phenoxy) is 1. The average Bonchev–Trinajstić information content (AvgIpc) is 2.27. The summed E-state index contributed by atoms with van der Waals surface area (Å²) in [6.07, 6.45) is -3.83. The Balaban J connectivity index is 3.04. The molecule has 94 valence electrons. The molecule has 1 atom stereocenters. The Labute approximate surface area is 98.9 Å². The minimum Gasteiger partial charge on any atom is -0.490 e. The summed E-state index contributed by atoms with van der Waals surface area (Å²) >= 11 is 0. The molecule has 1 aromatic carbocycles. The first kappa shape index (κ1) is 13.6. The smallest absolute Gasteiger partial charge is 0.416 e. The molecular weight excluding hydrogens is 229 g/mol. The van der Waals surface area contributed by atoms with E-state index in [2.05, 4.69) is 6.58 Å². The molecule has 0 amide bonds. The summed E-state index contributed by atoms with van der Waals surface area (Å²) < 4.78 is 43.2. The SMILES string of the molecule is C=C(c1ccccc1OC(C)CC)C(F)(F)F. The van der Waals surface area contributed by atoms with Gasteiger partial charge in [-0.2, -0.15) is 13.2 Å². The summed E-state index contributed by atoms with van der Waals surface area (Å²) in [5.41, 5.74) is -0.878. The second-order valence-corrected chi connectivity index (χ2v) is 3.81. The third-order valence-electron chi connectivity index (χ3n) is 2.46. The number of alkyl halides is 3. The zero-order valence-corrected chi connectivity index (χ0v) is 9.84. The fourth-order valence-electron chi connectivity index (χ4n) is 1.27. The Bertz CT molecular complexity index is 396.